The number of aromatic nitrogens is 2. The molecular weight excluding hydrogens is 334 g/mol. The second kappa shape index (κ2) is 7.91. The molecular formula is C15H19N3O5S. The Morgan fingerprint density at radius 2 is 1.96 bits per heavy atom. The molecule has 1 heterocycles. The first-order valence-corrected chi connectivity index (χ1v) is 9.19. The van der Waals surface area contributed by atoms with Crippen LogP contribution >= 0.6 is 0 Å². The fourth-order valence-corrected chi connectivity index (χ4v) is 2.38. The lowest BCUT2D eigenvalue weighted by Gasteiger charge is -2.05. The van der Waals surface area contributed by atoms with E-state index in [2.05, 4.69) is 15.5 Å². The highest BCUT2D eigenvalue weighted by Crippen LogP contribution is 2.11. The van der Waals surface area contributed by atoms with Gasteiger partial charge in [0.1, 0.15) is 5.75 Å². The van der Waals surface area contributed by atoms with Crippen LogP contribution in [0.25, 0.3) is 0 Å². The van der Waals surface area contributed by atoms with E-state index in [9.17, 15) is 13.2 Å². The summed E-state index contributed by atoms with van der Waals surface area (Å²) in [6.45, 7) is 0.436. The van der Waals surface area contributed by atoms with Crippen LogP contribution in [-0.4, -0.2) is 44.4 Å². The van der Waals surface area contributed by atoms with E-state index in [1.54, 1.807) is 19.2 Å². The van der Waals surface area contributed by atoms with Gasteiger partial charge in [0, 0.05) is 19.2 Å². The summed E-state index contributed by atoms with van der Waals surface area (Å²) in [5.41, 5.74) is 0.892. The van der Waals surface area contributed by atoms with Crippen LogP contribution in [0.4, 0.5) is 0 Å². The third-order valence-corrected chi connectivity index (χ3v) is 3.98. The van der Waals surface area contributed by atoms with Gasteiger partial charge in [-0.1, -0.05) is 17.2 Å². The Bertz CT molecular complexity index is 784. The number of rotatable bonds is 8. The third-order valence-electron chi connectivity index (χ3n) is 3.18. The first kappa shape index (κ1) is 17.9. The van der Waals surface area contributed by atoms with Crippen molar-refractivity contribution in [3.05, 3.63) is 35.7 Å². The maximum Gasteiger partial charge on any atom is 0.335 e. The van der Waals surface area contributed by atoms with Gasteiger partial charge in [0.15, 0.2) is 0 Å². The van der Waals surface area contributed by atoms with Gasteiger partial charge in [-0.15, -0.1) is 5.10 Å². The number of nitrogens with zero attached hydrogens (tertiary/aromatic N) is 2. The zero-order valence-corrected chi connectivity index (χ0v) is 14.3. The summed E-state index contributed by atoms with van der Waals surface area (Å²) in [6, 6.07) is 7.28. The van der Waals surface area contributed by atoms with E-state index in [0.29, 0.717) is 19.4 Å². The number of carbonyl (C=O) groups is 1. The van der Waals surface area contributed by atoms with Crippen LogP contribution in [0, 0.1) is 0 Å². The van der Waals surface area contributed by atoms with Gasteiger partial charge >= 0.3 is 5.22 Å². The van der Waals surface area contributed by atoms with E-state index < -0.39 is 9.84 Å². The van der Waals surface area contributed by atoms with Crippen LogP contribution in [0.3, 0.4) is 0 Å². The molecule has 8 nitrogen and oxygen atoms in total. The summed E-state index contributed by atoms with van der Waals surface area (Å²) < 4.78 is 32.5. The number of ether oxygens (including phenoxy) is 1. The molecule has 2 aromatic rings. The van der Waals surface area contributed by atoms with Crippen molar-refractivity contribution in [2.75, 3.05) is 19.9 Å². The van der Waals surface area contributed by atoms with Gasteiger partial charge in [-0.3, -0.25) is 4.79 Å². The van der Waals surface area contributed by atoms with Gasteiger partial charge in [0.25, 0.3) is 0 Å². The maximum atomic E-state index is 11.8. The molecule has 0 saturated heterocycles. The summed E-state index contributed by atoms with van der Waals surface area (Å²) in [5, 5.41) is 9.53. The molecule has 9 heteroatoms. The van der Waals surface area contributed by atoms with Crippen molar-refractivity contribution in [3.8, 4) is 5.75 Å². The lowest BCUT2D eigenvalue weighted by Crippen LogP contribution is -2.26. The molecule has 24 heavy (non-hydrogen) atoms. The number of benzene rings is 1. The fraction of sp³-hybridized carbons (Fsp3) is 0.400. The van der Waals surface area contributed by atoms with Crippen LogP contribution in [0.2, 0.25) is 0 Å². The maximum absolute atomic E-state index is 11.8. The first-order chi connectivity index (χ1) is 11.4. The van der Waals surface area contributed by atoms with Gasteiger partial charge in [0.2, 0.25) is 21.6 Å². The lowest BCUT2D eigenvalue weighted by molar-refractivity contribution is -0.120. The molecule has 0 aliphatic rings. The number of sulfone groups is 1. The highest BCUT2D eigenvalue weighted by Gasteiger charge is 2.16. The number of amides is 1. The summed E-state index contributed by atoms with van der Waals surface area (Å²) in [4.78, 5) is 11.8. The minimum Gasteiger partial charge on any atom is -0.497 e. The van der Waals surface area contributed by atoms with E-state index in [0.717, 1.165) is 17.6 Å². The molecule has 0 bridgehead atoms. The second-order valence-corrected chi connectivity index (χ2v) is 7.11. The SMILES string of the molecule is COc1ccc(CC(=O)NCCCc2nnc(S(C)(=O)=O)o2)cc1. The summed E-state index contributed by atoms with van der Waals surface area (Å²) in [5.74, 6) is 0.884. The molecule has 130 valence electrons. The second-order valence-electron chi connectivity index (χ2n) is 5.21. The molecule has 0 radical (unpaired) electrons. The van der Waals surface area contributed by atoms with Crippen molar-refractivity contribution in [2.24, 2.45) is 0 Å². The molecule has 1 aromatic heterocycles. The number of hydrogen-bond donors (Lipinski definition) is 1. The van der Waals surface area contributed by atoms with E-state index in [1.165, 1.54) is 0 Å². The number of carbonyl (C=O) groups excluding carboxylic acids is 1. The number of methoxy groups -OCH3 is 1. The molecule has 0 aliphatic carbocycles. The average molecular weight is 353 g/mol. The van der Waals surface area contributed by atoms with Crippen LogP contribution in [0.15, 0.2) is 33.9 Å². The number of hydrogen-bond acceptors (Lipinski definition) is 7. The van der Waals surface area contributed by atoms with E-state index in [4.69, 9.17) is 9.15 Å². The molecule has 0 saturated carbocycles. The van der Waals surface area contributed by atoms with Crippen molar-refractivity contribution in [1.82, 2.24) is 15.5 Å². The van der Waals surface area contributed by atoms with E-state index in [-0.39, 0.29) is 23.4 Å². The largest absolute Gasteiger partial charge is 0.497 e. The summed E-state index contributed by atoms with van der Waals surface area (Å²) >= 11 is 0. The fourth-order valence-electron chi connectivity index (χ4n) is 1.95. The minimum atomic E-state index is -3.48. The molecule has 0 fully saturated rings. The Hall–Kier alpha value is -2.42. The summed E-state index contributed by atoms with van der Waals surface area (Å²) in [7, 11) is -1.90. The van der Waals surface area contributed by atoms with Gasteiger partial charge in [-0.05, 0) is 24.1 Å². The van der Waals surface area contributed by atoms with Crippen LogP contribution in [-0.2, 0) is 27.5 Å². The average Bonchev–Trinajstić information content (AvgIpc) is 3.01. The zero-order chi connectivity index (χ0) is 17.6. The van der Waals surface area contributed by atoms with Gasteiger partial charge < -0.3 is 14.5 Å². The highest BCUT2D eigenvalue weighted by atomic mass is 32.2. The van der Waals surface area contributed by atoms with Crippen molar-refractivity contribution in [2.45, 2.75) is 24.5 Å². The van der Waals surface area contributed by atoms with Crippen molar-refractivity contribution >= 4 is 15.7 Å². The molecule has 1 N–H and O–H groups in total. The lowest BCUT2D eigenvalue weighted by atomic mass is 10.1. The quantitative estimate of drug-likeness (QED) is 0.698. The van der Waals surface area contributed by atoms with Crippen LogP contribution in [0.1, 0.15) is 17.9 Å². The number of nitrogens with one attached hydrogen (secondary N) is 1. The third kappa shape index (κ3) is 5.34. The van der Waals surface area contributed by atoms with Crippen molar-refractivity contribution in [3.63, 3.8) is 0 Å². The van der Waals surface area contributed by atoms with E-state index >= 15 is 0 Å². The van der Waals surface area contributed by atoms with Crippen LogP contribution < -0.4 is 10.1 Å². The van der Waals surface area contributed by atoms with Gasteiger partial charge in [-0.2, -0.15) is 0 Å². The van der Waals surface area contributed by atoms with E-state index in [1.807, 2.05) is 12.1 Å². The molecule has 1 aromatic carbocycles. The monoisotopic (exact) mass is 353 g/mol. The Balaban J connectivity index is 1.71. The van der Waals surface area contributed by atoms with Crippen molar-refractivity contribution < 1.29 is 22.4 Å². The molecule has 2 rings (SSSR count). The predicted molar refractivity (Wildman–Crippen MR) is 85.4 cm³/mol. The normalized spacial score (nSPS) is 11.2. The van der Waals surface area contributed by atoms with Crippen LogP contribution in [0.5, 0.6) is 5.75 Å². The Morgan fingerprint density at radius 3 is 2.54 bits per heavy atom. The predicted octanol–water partition coefficient (Wildman–Crippen LogP) is 0.773. The van der Waals surface area contributed by atoms with Gasteiger partial charge in [-0.25, -0.2) is 8.42 Å². The smallest absolute Gasteiger partial charge is 0.335 e. The highest BCUT2D eigenvalue weighted by molar-refractivity contribution is 7.90. The summed E-state index contributed by atoms with van der Waals surface area (Å²) in [6.07, 6.45) is 2.25. The molecule has 0 unspecified atom stereocenters. The Kier molecular flexibility index (Phi) is 5.91. The minimum absolute atomic E-state index is 0.0949. The molecule has 1 amide bonds. The topological polar surface area (TPSA) is 111 Å². The molecule has 0 spiro atoms. The Labute approximate surface area is 140 Å². The number of aryl methyl sites for hydroxylation is 1. The first-order valence-electron chi connectivity index (χ1n) is 7.30. The van der Waals surface area contributed by atoms with Gasteiger partial charge in [0.05, 0.1) is 13.5 Å². The van der Waals surface area contributed by atoms with Crippen molar-refractivity contribution in [1.29, 1.82) is 0 Å². The zero-order valence-electron chi connectivity index (χ0n) is 13.5. The standard InChI is InChI=1S/C15H19N3O5S/c1-22-12-7-5-11(6-8-12)10-13(19)16-9-3-4-14-17-18-15(23-14)24(2,20)21/h5-8H,3-4,9-10H2,1-2H3,(H,16,19). The molecule has 0 atom stereocenters. The Morgan fingerprint density at radius 1 is 1.25 bits per heavy atom. The molecule has 0 aliphatic heterocycles.